The van der Waals surface area contributed by atoms with Crippen LogP contribution in [0.25, 0.3) is 11.0 Å². The molecule has 21 heavy (non-hydrogen) atoms. The normalized spacial score (nSPS) is 13.0. The highest BCUT2D eigenvalue weighted by Gasteiger charge is 2.12. The van der Waals surface area contributed by atoms with E-state index in [-0.39, 0.29) is 6.04 Å². The zero-order valence-corrected chi connectivity index (χ0v) is 13.1. The van der Waals surface area contributed by atoms with Crippen molar-refractivity contribution >= 4 is 11.0 Å². The molecule has 4 heteroatoms. The van der Waals surface area contributed by atoms with Gasteiger partial charge in [0.15, 0.2) is 0 Å². The van der Waals surface area contributed by atoms with Crippen molar-refractivity contribution in [3.8, 4) is 0 Å². The first kappa shape index (κ1) is 13.9. The van der Waals surface area contributed by atoms with Crippen molar-refractivity contribution in [3.63, 3.8) is 0 Å². The Kier molecular flexibility index (Phi) is 3.55. The van der Waals surface area contributed by atoms with E-state index < -0.39 is 0 Å². The molecule has 3 rings (SSSR count). The molecule has 0 bridgehead atoms. The molecule has 0 radical (unpaired) electrons. The number of benzene rings is 1. The lowest BCUT2D eigenvalue weighted by Crippen LogP contribution is -2.19. The zero-order valence-electron chi connectivity index (χ0n) is 13.1. The molecule has 2 N–H and O–H groups in total. The van der Waals surface area contributed by atoms with E-state index >= 15 is 0 Å². The summed E-state index contributed by atoms with van der Waals surface area (Å²) in [6.45, 7) is 7.30. The molecule has 110 valence electrons. The molecule has 4 nitrogen and oxygen atoms in total. The van der Waals surface area contributed by atoms with Gasteiger partial charge in [0.05, 0.1) is 17.1 Å². The van der Waals surface area contributed by atoms with Crippen LogP contribution in [0.1, 0.15) is 35.7 Å². The third kappa shape index (κ3) is 2.59. The number of fused-ring (bicyclic) bond motifs is 1. The minimum Gasteiger partial charge on any atom is -0.352 e. The van der Waals surface area contributed by atoms with Gasteiger partial charge in [0.25, 0.3) is 0 Å². The van der Waals surface area contributed by atoms with Crippen LogP contribution in [0.15, 0.2) is 30.3 Å². The number of nitrogens with zero attached hydrogens (tertiary/aromatic N) is 2. The van der Waals surface area contributed by atoms with Crippen molar-refractivity contribution in [2.45, 2.75) is 33.4 Å². The molecule has 1 atom stereocenters. The Morgan fingerprint density at radius 1 is 1.29 bits per heavy atom. The molecule has 3 aromatic rings. The average Bonchev–Trinajstić information content (AvgIpc) is 3.02. The van der Waals surface area contributed by atoms with Crippen LogP contribution in [0, 0.1) is 13.8 Å². The standard InChI is InChI=1S/C17H22N4/c1-11-9-14(13(3)21(11)4)10-18-12(2)17-19-15-7-5-6-8-16(15)20-17/h5-9,12,18H,10H2,1-4H3,(H,19,20). The first-order valence-corrected chi connectivity index (χ1v) is 7.36. The number of nitrogens with one attached hydrogen (secondary N) is 2. The first-order chi connectivity index (χ1) is 10.1. The summed E-state index contributed by atoms with van der Waals surface area (Å²) in [5.41, 5.74) is 6.07. The highest BCUT2D eigenvalue weighted by molar-refractivity contribution is 5.74. The number of hydrogen-bond acceptors (Lipinski definition) is 2. The maximum absolute atomic E-state index is 4.65. The van der Waals surface area contributed by atoms with Gasteiger partial charge in [-0.15, -0.1) is 0 Å². The summed E-state index contributed by atoms with van der Waals surface area (Å²) < 4.78 is 2.23. The topological polar surface area (TPSA) is 45.6 Å². The molecule has 0 aliphatic carbocycles. The van der Waals surface area contributed by atoms with Gasteiger partial charge in [0, 0.05) is 25.0 Å². The predicted octanol–water partition coefficient (Wildman–Crippen LogP) is 3.37. The maximum Gasteiger partial charge on any atom is 0.124 e. The van der Waals surface area contributed by atoms with Gasteiger partial charge in [-0.3, -0.25) is 0 Å². The van der Waals surface area contributed by atoms with Gasteiger partial charge in [-0.05, 0) is 44.5 Å². The number of aromatic amines is 1. The Morgan fingerprint density at radius 3 is 2.71 bits per heavy atom. The molecule has 0 amide bonds. The molecule has 0 spiro atoms. The number of aryl methyl sites for hydroxylation is 1. The number of aromatic nitrogens is 3. The van der Waals surface area contributed by atoms with Crippen LogP contribution >= 0.6 is 0 Å². The van der Waals surface area contributed by atoms with Crippen molar-refractivity contribution < 1.29 is 0 Å². The van der Waals surface area contributed by atoms with Gasteiger partial charge < -0.3 is 14.9 Å². The first-order valence-electron chi connectivity index (χ1n) is 7.36. The van der Waals surface area contributed by atoms with E-state index in [4.69, 9.17) is 0 Å². The molecule has 2 heterocycles. The van der Waals surface area contributed by atoms with Crippen molar-refractivity contribution in [3.05, 3.63) is 53.1 Å². The van der Waals surface area contributed by atoms with E-state index in [0.717, 1.165) is 23.4 Å². The summed E-state index contributed by atoms with van der Waals surface area (Å²) >= 11 is 0. The predicted molar refractivity (Wildman–Crippen MR) is 86.2 cm³/mol. The third-order valence-corrected chi connectivity index (χ3v) is 4.30. The Morgan fingerprint density at radius 2 is 2.05 bits per heavy atom. The van der Waals surface area contributed by atoms with Gasteiger partial charge in [-0.25, -0.2) is 4.98 Å². The van der Waals surface area contributed by atoms with Crippen LogP contribution in [0.2, 0.25) is 0 Å². The second-order valence-electron chi connectivity index (χ2n) is 5.70. The van der Waals surface area contributed by atoms with E-state index in [1.165, 1.54) is 17.0 Å². The Bertz CT molecular complexity index is 733. The fourth-order valence-corrected chi connectivity index (χ4v) is 2.65. The quantitative estimate of drug-likeness (QED) is 0.770. The van der Waals surface area contributed by atoms with Crippen molar-refractivity contribution in [2.75, 3.05) is 0 Å². The highest BCUT2D eigenvalue weighted by Crippen LogP contribution is 2.17. The van der Waals surface area contributed by atoms with Gasteiger partial charge in [0.2, 0.25) is 0 Å². The summed E-state index contributed by atoms with van der Waals surface area (Å²) in [6.07, 6.45) is 0. The van der Waals surface area contributed by atoms with E-state index in [1.54, 1.807) is 0 Å². The number of rotatable bonds is 4. The third-order valence-electron chi connectivity index (χ3n) is 4.30. The summed E-state index contributed by atoms with van der Waals surface area (Å²) in [5.74, 6) is 0.988. The van der Waals surface area contributed by atoms with Crippen LogP contribution in [0.3, 0.4) is 0 Å². The molecule has 0 fully saturated rings. The molecular weight excluding hydrogens is 260 g/mol. The fraction of sp³-hybridized carbons (Fsp3) is 0.353. The second kappa shape index (κ2) is 5.37. The Balaban J connectivity index is 1.74. The largest absolute Gasteiger partial charge is 0.352 e. The minimum absolute atomic E-state index is 0.192. The minimum atomic E-state index is 0.192. The van der Waals surface area contributed by atoms with Gasteiger partial charge in [-0.2, -0.15) is 0 Å². The van der Waals surface area contributed by atoms with Crippen LogP contribution < -0.4 is 5.32 Å². The highest BCUT2D eigenvalue weighted by atomic mass is 15.0. The van der Waals surface area contributed by atoms with Gasteiger partial charge in [0.1, 0.15) is 5.82 Å². The van der Waals surface area contributed by atoms with E-state index in [9.17, 15) is 0 Å². The van der Waals surface area contributed by atoms with Crippen LogP contribution in [0.5, 0.6) is 0 Å². The molecule has 1 aromatic carbocycles. The van der Waals surface area contributed by atoms with Gasteiger partial charge >= 0.3 is 0 Å². The van der Waals surface area contributed by atoms with E-state index in [1.807, 2.05) is 18.2 Å². The molecule has 0 saturated carbocycles. The lowest BCUT2D eigenvalue weighted by atomic mass is 10.2. The van der Waals surface area contributed by atoms with Crippen molar-refractivity contribution in [2.24, 2.45) is 7.05 Å². The molecule has 0 aliphatic heterocycles. The van der Waals surface area contributed by atoms with Crippen LogP contribution in [0.4, 0.5) is 0 Å². The summed E-state index contributed by atoms with van der Waals surface area (Å²) in [5, 5.41) is 3.55. The second-order valence-corrected chi connectivity index (χ2v) is 5.70. The SMILES string of the molecule is Cc1cc(CNC(C)c2nc3ccccc3[nH]2)c(C)n1C. The van der Waals surface area contributed by atoms with E-state index in [2.05, 4.69) is 59.8 Å². The van der Waals surface area contributed by atoms with Crippen LogP contribution in [-0.2, 0) is 13.6 Å². The van der Waals surface area contributed by atoms with Crippen molar-refractivity contribution in [1.82, 2.24) is 19.9 Å². The Hall–Kier alpha value is -2.07. The number of H-pyrrole nitrogens is 1. The summed E-state index contributed by atoms with van der Waals surface area (Å²) in [7, 11) is 2.11. The Labute approximate surface area is 125 Å². The van der Waals surface area contributed by atoms with Crippen molar-refractivity contribution in [1.29, 1.82) is 0 Å². The fourth-order valence-electron chi connectivity index (χ4n) is 2.65. The van der Waals surface area contributed by atoms with Crippen LogP contribution in [-0.4, -0.2) is 14.5 Å². The molecule has 0 aliphatic rings. The summed E-state index contributed by atoms with van der Waals surface area (Å²) in [4.78, 5) is 8.03. The molecule has 2 aromatic heterocycles. The number of para-hydroxylation sites is 2. The maximum atomic E-state index is 4.65. The molecular formula is C17H22N4. The number of hydrogen-bond donors (Lipinski definition) is 2. The summed E-state index contributed by atoms with van der Waals surface area (Å²) in [6, 6.07) is 10.6. The van der Waals surface area contributed by atoms with E-state index in [0.29, 0.717) is 0 Å². The zero-order chi connectivity index (χ0) is 15.0. The lowest BCUT2D eigenvalue weighted by molar-refractivity contribution is 0.550. The number of imidazole rings is 1. The molecule has 0 saturated heterocycles. The molecule has 1 unspecified atom stereocenters. The van der Waals surface area contributed by atoms with Gasteiger partial charge in [-0.1, -0.05) is 12.1 Å². The average molecular weight is 282 g/mol. The lowest BCUT2D eigenvalue weighted by Gasteiger charge is -2.11. The smallest absolute Gasteiger partial charge is 0.124 e. The monoisotopic (exact) mass is 282 g/mol.